The van der Waals surface area contributed by atoms with Crippen molar-refractivity contribution in [3.63, 3.8) is 0 Å². The predicted molar refractivity (Wildman–Crippen MR) is 101 cm³/mol. The van der Waals surface area contributed by atoms with E-state index in [1.165, 1.54) is 24.3 Å². The molecule has 0 radical (unpaired) electrons. The van der Waals surface area contributed by atoms with Crippen LogP contribution in [-0.4, -0.2) is 50.2 Å². The molecule has 0 saturated heterocycles. The quantitative estimate of drug-likeness (QED) is 0.279. The summed E-state index contributed by atoms with van der Waals surface area (Å²) in [6.07, 6.45) is -1.71. The van der Waals surface area contributed by atoms with Gasteiger partial charge in [-0.1, -0.05) is 5.92 Å². The highest BCUT2D eigenvalue weighted by Gasteiger charge is 2.46. The lowest BCUT2D eigenvalue weighted by atomic mass is 9.95. The highest BCUT2D eigenvalue weighted by atomic mass is 19.3. The predicted octanol–water partition coefficient (Wildman–Crippen LogP) is 0.741. The van der Waals surface area contributed by atoms with Gasteiger partial charge in [-0.15, -0.1) is 0 Å². The molecule has 0 spiro atoms. The molecule has 2 aromatic rings. The first-order valence-corrected chi connectivity index (χ1v) is 8.54. The van der Waals surface area contributed by atoms with Crippen molar-refractivity contribution in [1.29, 1.82) is 0 Å². The van der Waals surface area contributed by atoms with Crippen LogP contribution in [0.25, 0.3) is 0 Å². The summed E-state index contributed by atoms with van der Waals surface area (Å²) in [6, 6.07) is 3.61. The number of imidazole rings is 1. The number of aliphatic hydroxyl groups is 1. The Bertz CT molecular complexity index is 1040. The van der Waals surface area contributed by atoms with Crippen LogP contribution in [0.4, 0.5) is 8.78 Å². The Kier molecular flexibility index (Phi) is 7.26. The van der Waals surface area contributed by atoms with E-state index in [0.717, 1.165) is 11.3 Å². The van der Waals surface area contributed by atoms with Gasteiger partial charge in [0.1, 0.15) is 17.6 Å². The fourth-order valence-corrected chi connectivity index (χ4v) is 2.27. The Hall–Kier alpha value is -3.73. The number of alkyl halides is 2. The molecule has 30 heavy (non-hydrogen) atoms. The SMILES string of the molecule is Cc1nc(C#CC#Cc2ccc(C(=O)N[C@H](C(=O)NO)C(C)(O)C(F)F)cc2)c[nH]1. The number of hydrogen-bond acceptors (Lipinski definition) is 5. The van der Waals surface area contributed by atoms with E-state index in [1.807, 2.05) is 5.32 Å². The zero-order valence-electron chi connectivity index (χ0n) is 16.0. The van der Waals surface area contributed by atoms with Crippen molar-refractivity contribution in [2.75, 3.05) is 0 Å². The molecule has 156 valence electrons. The maximum Gasteiger partial charge on any atom is 0.269 e. The lowest BCUT2D eigenvalue weighted by Crippen LogP contribution is -2.61. The minimum absolute atomic E-state index is 0.0273. The van der Waals surface area contributed by atoms with Gasteiger partial charge in [0.15, 0.2) is 5.60 Å². The van der Waals surface area contributed by atoms with E-state index in [0.29, 0.717) is 18.2 Å². The Balaban J connectivity index is 2.10. The van der Waals surface area contributed by atoms with Crippen LogP contribution in [0.1, 0.15) is 34.4 Å². The van der Waals surface area contributed by atoms with Crippen molar-refractivity contribution in [1.82, 2.24) is 20.8 Å². The summed E-state index contributed by atoms with van der Waals surface area (Å²) in [5.74, 6) is 9.22. The molecule has 8 nitrogen and oxygen atoms in total. The summed E-state index contributed by atoms with van der Waals surface area (Å²) < 4.78 is 26.1. The number of hydrogen-bond donors (Lipinski definition) is 5. The normalized spacial score (nSPS) is 13.2. The Morgan fingerprint density at radius 2 is 1.83 bits per heavy atom. The highest BCUT2D eigenvalue weighted by molar-refractivity contribution is 5.97. The van der Waals surface area contributed by atoms with E-state index in [2.05, 4.69) is 33.6 Å². The van der Waals surface area contributed by atoms with Crippen molar-refractivity contribution < 1.29 is 28.7 Å². The van der Waals surface area contributed by atoms with Crippen LogP contribution in [0.15, 0.2) is 30.5 Å². The smallest absolute Gasteiger partial charge is 0.269 e. The molecule has 2 amide bonds. The Morgan fingerprint density at radius 1 is 1.20 bits per heavy atom. The number of benzene rings is 1. The van der Waals surface area contributed by atoms with E-state index >= 15 is 0 Å². The van der Waals surface area contributed by atoms with E-state index in [-0.39, 0.29) is 5.56 Å². The van der Waals surface area contributed by atoms with Gasteiger partial charge in [0.25, 0.3) is 18.2 Å². The van der Waals surface area contributed by atoms with Gasteiger partial charge in [0.05, 0.1) is 0 Å². The number of hydroxylamine groups is 1. The summed E-state index contributed by atoms with van der Waals surface area (Å²) in [5.41, 5.74) is -0.645. The minimum atomic E-state index is -3.36. The molecule has 1 aromatic carbocycles. The molecule has 5 N–H and O–H groups in total. The lowest BCUT2D eigenvalue weighted by molar-refractivity contribution is -0.149. The van der Waals surface area contributed by atoms with Crippen molar-refractivity contribution in [2.45, 2.75) is 31.9 Å². The van der Waals surface area contributed by atoms with Crippen LogP contribution in [0.5, 0.6) is 0 Å². The van der Waals surface area contributed by atoms with Gasteiger partial charge in [-0.2, -0.15) is 0 Å². The molecule has 1 aromatic heterocycles. The largest absolute Gasteiger partial charge is 0.381 e. The van der Waals surface area contributed by atoms with Crippen molar-refractivity contribution in [3.8, 4) is 23.7 Å². The average molecular weight is 416 g/mol. The first kappa shape index (κ1) is 22.6. The van der Waals surface area contributed by atoms with Gasteiger partial charge < -0.3 is 15.4 Å². The summed E-state index contributed by atoms with van der Waals surface area (Å²) in [5, 5.41) is 20.5. The molecule has 0 aliphatic heterocycles. The van der Waals surface area contributed by atoms with Crippen LogP contribution in [-0.2, 0) is 4.79 Å². The van der Waals surface area contributed by atoms with E-state index in [9.17, 15) is 23.5 Å². The maximum absolute atomic E-state index is 13.0. The van der Waals surface area contributed by atoms with Crippen molar-refractivity contribution >= 4 is 11.8 Å². The van der Waals surface area contributed by atoms with Crippen LogP contribution in [0, 0.1) is 30.6 Å². The third kappa shape index (κ3) is 5.64. The third-order valence-corrected chi connectivity index (χ3v) is 3.99. The number of nitrogens with zero attached hydrogens (tertiary/aromatic N) is 1. The first-order chi connectivity index (χ1) is 14.1. The first-order valence-electron chi connectivity index (χ1n) is 8.54. The van der Waals surface area contributed by atoms with Crippen LogP contribution < -0.4 is 10.8 Å². The summed E-state index contributed by atoms with van der Waals surface area (Å²) in [4.78, 5) is 30.9. The number of carbonyl (C=O) groups excluding carboxylic acids is 2. The number of H-pyrrole nitrogens is 1. The molecule has 0 aliphatic rings. The van der Waals surface area contributed by atoms with Gasteiger partial charge in [-0.3, -0.25) is 14.8 Å². The standard InChI is InChI=1S/C20H18F2N4O4/c1-12-23-11-15(24-12)6-4-3-5-13-7-9-14(10-8-13)17(27)25-16(18(28)26-30)20(2,29)19(21)22/h7-11,16,19,29-30H,1-2H3,(H,23,24)(H,25,27)(H,26,28)/t16-,20?/m1/s1. The second kappa shape index (κ2) is 9.65. The number of nitrogens with one attached hydrogen (secondary N) is 3. The van der Waals surface area contributed by atoms with E-state index in [1.54, 1.807) is 13.1 Å². The maximum atomic E-state index is 13.0. The number of amides is 2. The third-order valence-electron chi connectivity index (χ3n) is 3.99. The van der Waals surface area contributed by atoms with Crippen LogP contribution in [0.3, 0.4) is 0 Å². The van der Waals surface area contributed by atoms with Gasteiger partial charge in [0.2, 0.25) is 0 Å². The second-order valence-electron chi connectivity index (χ2n) is 6.36. The summed E-state index contributed by atoms with van der Waals surface area (Å²) >= 11 is 0. The van der Waals surface area contributed by atoms with Gasteiger partial charge in [-0.05, 0) is 55.9 Å². The summed E-state index contributed by atoms with van der Waals surface area (Å²) in [6.45, 7) is 2.46. The zero-order chi connectivity index (χ0) is 22.3. The second-order valence-corrected chi connectivity index (χ2v) is 6.36. The van der Waals surface area contributed by atoms with E-state index < -0.39 is 29.9 Å². The van der Waals surface area contributed by atoms with E-state index in [4.69, 9.17) is 5.21 Å². The molecular weight excluding hydrogens is 398 g/mol. The van der Waals surface area contributed by atoms with Crippen LogP contribution >= 0.6 is 0 Å². The highest BCUT2D eigenvalue weighted by Crippen LogP contribution is 2.20. The fourth-order valence-electron chi connectivity index (χ4n) is 2.27. The molecule has 0 fully saturated rings. The van der Waals surface area contributed by atoms with Crippen molar-refractivity contribution in [3.05, 3.63) is 53.1 Å². The number of carbonyl (C=O) groups is 2. The molecule has 2 rings (SSSR count). The van der Waals surface area contributed by atoms with Gasteiger partial charge >= 0.3 is 0 Å². The zero-order valence-corrected chi connectivity index (χ0v) is 16.0. The van der Waals surface area contributed by atoms with Crippen LogP contribution in [0.2, 0.25) is 0 Å². The van der Waals surface area contributed by atoms with Crippen molar-refractivity contribution in [2.24, 2.45) is 0 Å². The molecule has 10 heteroatoms. The topological polar surface area (TPSA) is 127 Å². The monoisotopic (exact) mass is 416 g/mol. The number of aromatic amines is 1. The molecule has 0 saturated carbocycles. The molecule has 2 atom stereocenters. The minimum Gasteiger partial charge on any atom is -0.381 e. The summed E-state index contributed by atoms with van der Waals surface area (Å²) in [7, 11) is 0. The molecule has 0 aliphatic carbocycles. The number of aryl methyl sites for hydroxylation is 1. The van der Waals surface area contributed by atoms with Gasteiger partial charge in [-0.25, -0.2) is 19.2 Å². The fraction of sp³-hybridized carbons (Fsp3) is 0.250. The molecular formula is C20H18F2N4O4. The Morgan fingerprint density at radius 3 is 2.37 bits per heavy atom. The molecule has 0 bridgehead atoms. The number of halogens is 2. The molecule has 1 heterocycles. The van der Waals surface area contributed by atoms with Gasteiger partial charge in [0, 0.05) is 17.3 Å². The lowest BCUT2D eigenvalue weighted by Gasteiger charge is -2.30. The average Bonchev–Trinajstić information content (AvgIpc) is 3.13. The Labute approximate surface area is 170 Å². The molecule has 1 unspecified atom stereocenters. The number of rotatable bonds is 5. The number of aromatic nitrogens is 2.